The van der Waals surface area contributed by atoms with Gasteiger partial charge in [-0.2, -0.15) is 8.78 Å². The molecule has 0 N–H and O–H groups in total. The Kier molecular flexibility index (Phi) is 14.0. The molecule has 1 aliphatic heterocycles. The summed E-state index contributed by atoms with van der Waals surface area (Å²) in [7, 11) is 0. The summed E-state index contributed by atoms with van der Waals surface area (Å²) in [5, 5.41) is 0. The second kappa shape index (κ2) is 17.2. The van der Waals surface area contributed by atoms with Gasteiger partial charge in [0, 0.05) is 41.8 Å². The van der Waals surface area contributed by atoms with Crippen molar-refractivity contribution in [2.45, 2.75) is 78.1 Å². The molecule has 3 aromatic rings. The molecule has 3 nitrogen and oxygen atoms in total. The summed E-state index contributed by atoms with van der Waals surface area (Å²) in [4.78, 5) is 26.5. The molecule has 1 aliphatic rings. The van der Waals surface area contributed by atoms with Crippen LogP contribution in [-0.2, 0) is 11.2 Å². The van der Waals surface area contributed by atoms with Crippen LogP contribution in [-0.4, -0.2) is 30.1 Å². The van der Waals surface area contributed by atoms with Gasteiger partial charge in [-0.15, -0.1) is 0 Å². The van der Waals surface area contributed by atoms with Gasteiger partial charge in [-0.25, -0.2) is 8.78 Å². The number of carbonyl (C=O) groups excluding carboxylic acids is 2. The van der Waals surface area contributed by atoms with E-state index in [-0.39, 0.29) is 17.1 Å². The zero-order chi connectivity index (χ0) is 31.1. The van der Waals surface area contributed by atoms with Gasteiger partial charge in [-0.05, 0) is 36.5 Å². The van der Waals surface area contributed by atoms with Crippen LogP contribution in [0.1, 0.15) is 86.3 Å². The Bertz CT molecular complexity index is 1280. The largest absolute Gasteiger partial charge is 0.311 e. The molecular weight excluding hydrogens is 542 g/mol. The number of ketones is 2. The van der Waals surface area contributed by atoms with Gasteiger partial charge in [0.15, 0.2) is 11.6 Å². The Hall–Kier alpha value is -3.87. The molecule has 0 aromatic heterocycles. The first-order chi connectivity index (χ1) is 20.0. The fraction of sp³-hybridized carbons (Fsp3) is 0.343. The third kappa shape index (κ3) is 10.8. The van der Waals surface area contributed by atoms with Crippen LogP contribution in [0.25, 0.3) is 0 Å². The van der Waals surface area contributed by atoms with Crippen LogP contribution in [0.2, 0.25) is 0 Å². The van der Waals surface area contributed by atoms with E-state index in [0.717, 1.165) is 30.5 Å². The van der Waals surface area contributed by atoms with Gasteiger partial charge in [-0.3, -0.25) is 14.6 Å². The van der Waals surface area contributed by atoms with E-state index in [0.29, 0.717) is 17.9 Å². The Balaban J connectivity index is 0.000000222. The van der Waals surface area contributed by atoms with Crippen LogP contribution < -0.4 is 0 Å². The zero-order valence-electron chi connectivity index (χ0n) is 24.6. The molecule has 0 spiro atoms. The number of hydrogen-bond acceptors (Lipinski definition) is 3. The molecule has 224 valence electrons. The van der Waals surface area contributed by atoms with Crippen molar-refractivity contribution in [3.63, 3.8) is 0 Å². The van der Waals surface area contributed by atoms with Gasteiger partial charge < -0.3 is 0 Å². The summed E-state index contributed by atoms with van der Waals surface area (Å²) in [6.07, 6.45) is 0.305. The van der Waals surface area contributed by atoms with Gasteiger partial charge in [-0.1, -0.05) is 112 Å². The van der Waals surface area contributed by atoms with Crippen LogP contribution in [0, 0.1) is 0 Å². The summed E-state index contributed by atoms with van der Waals surface area (Å²) in [6, 6.07) is 26.4. The number of benzene rings is 3. The zero-order valence-corrected chi connectivity index (χ0v) is 24.6. The van der Waals surface area contributed by atoms with Crippen molar-refractivity contribution in [3.8, 4) is 0 Å². The van der Waals surface area contributed by atoms with Crippen molar-refractivity contribution in [3.05, 3.63) is 118 Å². The SMILES string of the molecule is CC(=O)c1ccc(CC(F)(F)C(F)F)cc1.CC(c1ccccc1)c1ccccc1.CCCC1=C(CC)N=CCC1=O. The molecular formula is C35H39F4NO2. The third-order valence-electron chi connectivity index (χ3n) is 6.76. The number of nitrogens with zero attached hydrogens (tertiary/aromatic N) is 1. The van der Waals surface area contributed by atoms with Crippen molar-refractivity contribution >= 4 is 17.8 Å². The second-order valence-electron chi connectivity index (χ2n) is 10.0. The minimum absolute atomic E-state index is 0.0790. The van der Waals surface area contributed by atoms with Gasteiger partial charge in [0.2, 0.25) is 0 Å². The second-order valence-corrected chi connectivity index (χ2v) is 10.0. The average molecular weight is 582 g/mol. The highest BCUT2D eigenvalue weighted by atomic mass is 19.3. The highest BCUT2D eigenvalue weighted by molar-refractivity contribution is 6.05. The van der Waals surface area contributed by atoms with Gasteiger partial charge in [0.05, 0.1) is 0 Å². The molecule has 0 unspecified atom stereocenters. The van der Waals surface area contributed by atoms with E-state index in [2.05, 4.69) is 79.5 Å². The summed E-state index contributed by atoms with van der Waals surface area (Å²) >= 11 is 0. The summed E-state index contributed by atoms with van der Waals surface area (Å²) in [6.45, 7) is 7.71. The molecule has 0 bridgehead atoms. The topological polar surface area (TPSA) is 46.5 Å². The van der Waals surface area contributed by atoms with E-state index in [1.165, 1.54) is 42.3 Å². The monoisotopic (exact) mass is 581 g/mol. The molecule has 0 fully saturated rings. The maximum atomic E-state index is 12.7. The summed E-state index contributed by atoms with van der Waals surface area (Å²) in [5.41, 5.74) is 5.15. The predicted octanol–water partition coefficient (Wildman–Crippen LogP) is 9.66. The van der Waals surface area contributed by atoms with Gasteiger partial charge in [0.25, 0.3) is 0 Å². The van der Waals surface area contributed by atoms with Crippen LogP contribution in [0.3, 0.4) is 0 Å². The first kappa shape index (κ1) is 34.3. The number of Topliss-reactive ketones (excluding diaryl/α,β-unsaturated/α-hetero) is 2. The molecule has 0 radical (unpaired) electrons. The first-order valence-electron chi connectivity index (χ1n) is 14.1. The van der Waals surface area contributed by atoms with Crippen LogP contribution in [0.5, 0.6) is 0 Å². The van der Waals surface area contributed by atoms with Gasteiger partial charge in [0.1, 0.15) is 0 Å². The van der Waals surface area contributed by atoms with E-state index in [1.807, 2.05) is 6.92 Å². The lowest BCUT2D eigenvalue weighted by molar-refractivity contribution is -0.127. The van der Waals surface area contributed by atoms with Crippen molar-refractivity contribution in [2.24, 2.45) is 4.99 Å². The highest BCUT2D eigenvalue weighted by Gasteiger charge is 2.40. The average Bonchev–Trinajstić information content (AvgIpc) is 2.99. The Morgan fingerprint density at radius 2 is 1.40 bits per heavy atom. The lowest BCUT2D eigenvalue weighted by Crippen LogP contribution is -2.29. The van der Waals surface area contributed by atoms with Crippen molar-refractivity contribution in [1.29, 1.82) is 0 Å². The fourth-order valence-electron chi connectivity index (χ4n) is 4.32. The van der Waals surface area contributed by atoms with E-state index in [9.17, 15) is 27.2 Å². The maximum absolute atomic E-state index is 12.7. The third-order valence-corrected chi connectivity index (χ3v) is 6.76. The van der Waals surface area contributed by atoms with E-state index >= 15 is 0 Å². The summed E-state index contributed by atoms with van der Waals surface area (Å²) in [5.74, 6) is -3.48. The number of aliphatic imine (C=N–C) groups is 1. The molecule has 0 atom stereocenters. The van der Waals surface area contributed by atoms with Crippen molar-refractivity contribution < 1.29 is 27.2 Å². The maximum Gasteiger partial charge on any atom is 0.311 e. The minimum atomic E-state index is -4.03. The molecule has 3 aromatic carbocycles. The highest BCUT2D eigenvalue weighted by Crippen LogP contribution is 2.27. The number of allylic oxidation sites excluding steroid dienone is 2. The normalized spacial score (nSPS) is 13.0. The smallest absolute Gasteiger partial charge is 0.295 e. The van der Waals surface area contributed by atoms with Crippen molar-refractivity contribution in [2.75, 3.05) is 0 Å². The number of alkyl halides is 4. The molecule has 0 saturated carbocycles. The Morgan fingerprint density at radius 3 is 1.83 bits per heavy atom. The molecule has 0 saturated heterocycles. The molecule has 0 aliphatic carbocycles. The lowest BCUT2D eigenvalue weighted by atomic mass is 9.93. The number of carbonyl (C=O) groups is 2. The Morgan fingerprint density at radius 1 is 0.881 bits per heavy atom. The lowest BCUT2D eigenvalue weighted by Gasteiger charge is -2.14. The van der Waals surface area contributed by atoms with Crippen molar-refractivity contribution in [1.82, 2.24) is 0 Å². The quantitative estimate of drug-likeness (QED) is 0.187. The van der Waals surface area contributed by atoms with Crippen LogP contribution >= 0.6 is 0 Å². The predicted molar refractivity (Wildman–Crippen MR) is 162 cm³/mol. The van der Waals surface area contributed by atoms with Crippen LogP contribution in [0.15, 0.2) is 101 Å². The minimum Gasteiger partial charge on any atom is -0.295 e. The molecule has 42 heavy (non-hydrogen) atoms. The molecule has 4 rings (SSSR count). The van der Waals surface area contributed by atoms with E-state index in [1.54, 1.807) is 6.21 Å². The molecule has 1 heterocycles. The van der Waals surface area contributed by atoms with Gasteiger partial charge >= 0.3 is 12.3 Å². The number of hydrogen-bond donors (Lipinski definition) is 0. The fourth-order valence-corrected chi connectivity index (χ4v) is 4.32. The first-order valence-corrected chi connectivity index (χ1v) is 14.1. The van der Waals surface area contributed by atoms with E-state index in [4.69, 9.17) is 0 Å². The summed E-state index contributed by atoms with van der Waals surface area (Å²) < 4.78 is 49.2. The van der Waals surface area contributed by atoms with E-state index < -0.39 is 18.8 Å². The molecule has 7 heteroatoms. The Labute approximate surface area is 246 Å². The molecule has 0 amide bonds. The van der Waals surface area contributed by atoms with Crippen LogP contribution in [0.4, 0.5) is 17.6 Å². The number of rotatable bonds is 9. The number of halogens is 4. The standard InChI is InChI=1S/C14H14.C11H10F4O.C10H15NO/c1-12(13-8-4-2-5-9-13)14-10-6-3-7-11-14;1-7(16)9-4-2-8(3-5-9)6-11(14,15)10(12)13;1-3-5-8-9(4-2)11-7-6-10(8)12/h2-12H,1H3;2-5,10H,6H2,1H3;7H,3-6H2,1-2H3.